The second kappa shape index (κ2) is 50.7. The summed E-state index contributed by atoms with van der Waals surface area (Å²) < 4.78 is 9.64. The third kappa shape index (κ3) is 41.4. The Kier molecular flexibility index (Phi) is 48.5. The van der Waals surface area contributed by atoms with Crippen LogP contribution in [0.3, 0.4) is 0 Å². The maximum absolute atomic E-state index is 11.7. The van der Waals surface area contributed by atoms with Crippen LogP contribution in [0.1, 0.15) is 152 Å². The summed E-state index contributed by atoms with van der Waals surface area (Å²) in [5, 5.41) is 54.4. The molecule has 2 aromatic carbocycles. The molecule has 100 heavy (non-hydrogen) atoms. The normalized spacial score (nSPS) is 10.5. The molecule has 8 N–H and O–H groups in total. The molecular weight excluding hydrogens is 1480 g/mol. The molecule has 558 valence electrons. The molecule has 0 aliphatic heterocycles. The topological polar surface area (TPSA) is 369 Å². The van der Waals surface area contributed by atoms with Crippen molar-refractivity contribution in [3.05, 3.63) is 71.3 Å². The molecule has 3 heterocycles. The van der Waals surface area contributed by atoms with Crippen molar-refractivity contribution in [3.63, 3.8) is 0 Å². The van der Waals surface area contributed by atoms with Gasteiger partial charge in [0, 0.05) is 51.9 Å². The molecule has 27 nitrogen and oxygen atoms in total. The average molecular weight is 1570 g/mol. The van der Waals surface area contributed by atoms with Crippen molar-refractivity contribution >= 4 is 163 Å². The lowest BCUT2D eigenvalue weighted by atomic mass is 10.1. The zero-order valence-electron chi connectivity index (χ0n) is 60.7. The van der Waals surface area contributed by atoms with Crippen molar-refractivity contribution in [2.75, 3.05) is 103 Å². The lowest BCUT2D eigenvalue weighted by molar-refractivity contribution is 0.0682. The van der Waals surface area contributed by atoms with Gasteiger partial charge in [-0.3, -0.25) is 9.59 Å². The number of aromatic nitrogens is 9. The molecule has 0 saturated heterocycles. The van der Waals surface area contributed by atoms with Gasteiger partial charge in [-0.1, -0.05) is 139 Å². The van der Waals surface area contributed by atoms with E-state index in [4.69, 9.17) is 111 Å². The Balaban J connectivity index is 0. The Bertz CT molecular complexity index is 3180. The number of halogens is 7. The van der Waals surface area contributed by atoms with Crippen LogP contribution in [0.15, 0.2) is 24.3 Å². The Morgan fingerprint density at radius 2 is 0.730 bits per heavy atom. The number of nitrogens with zero attached hydrogens (tertiary/aromatic N) is 13. The number of carboxylic acids is 2. The first-order valence-corrected chi connectivity index (χ1v) is 36.2. The molecule has 3 aromatic heterocycles. The summed E-state index contributed by atoms with van der Waals surface area (Å²) in [6.07, 6.45) is 0. The van der Waals surface area contributed by atoms with E-state index >= 15 is 0 Å². The SMILES string of the molecule is CCNc1nc(Cl)nc(NC(C)(C)C#N)n1.CCNc1nc(Cl)nc(NC(C)(C)C#N)n1.CCNc1nc(Cl)nc(NC(C)C)n1.CCSC(=O)N(CC(C)C)CC(C)C.CCSC(=O)N(CC(C)C)CC(C)C.COc1c(Cl)ccc(Cl)c1C(=O)O.COc1c(Cl)ccc(Cl)c1C(=O)O. The molecule has 0 spiro atoms. The minimum Gasteiger partial charge on any atom is -0.494 e. The van der Waals surface area contributed by atoms with E-state index in [0.29, 0.717) is 60.6 Å². The molecular formula is C64H98Cl7N19O8S2. The Labute approximate surface area is 633 Å². The standard InChI is InChI=1S/2C11H23NOS.2C9H13ClN6.2C8H6Cl2O3.C8H14ClN5/c2*1-6-14-11(13)12(7-9(2)3)8-10(4)5;2*1-4-12-7-13-6(10)14-8(15-7)16-9(2,3)5-11;2*1-13-7-5(10)3-2-4(9)6(7)8(11)12;1-4-10-7-12-6(9)13-8(14-7)11-5(2)3/h2*9-10H,6-8H2,1-5H3;2*4H2,1-3H3,(H2,12,13,14,15,16);2*2-3H,1H3,(H,11,12);5H,4H2,1-3H3,(H2,10,11,12,13,14). The lowest BCUT2D eigenvalue weighted by Gasteiger charge is -2.25. The minimum atomic E-state index is -1.16. The molecule has 0 bridgehead atoms. The highest BCUT2D eigenvalue weighted by molar-refractivity contribution is 8.13. The molecule has 0 aliphatic rings. The van der Waals surface area contributed by atoms with E-state index in [1.807, 2.05) is 58.3 Å². The van der Waals surface area contributed by atoms with Crippen molar-refractivity contribution in [2.24, 2.45) is 23.7 Å². The molecule has 0 saturated carbocycles. The molecule has 2 amide bonds. The van der Waals surface area contributed by atoms with Gasteiger partial charge in [0.1, 0.15) is 22.2 Å². The fourth-order valence-corrected chi connectivity index (χ4v) is 9.88. The number of carbonyl (C=O) groups is 4. The van der Waals surface area contributed by atoms with Crippen molar-refractivity contribution < 1.29 is 38.9 Å². The highest BCUT2D eigenvalue weighted by Gasteiger charge is 2.23. The Morgan fingerprint density at radius 1 is 0.470 bits per heavy atom. The molecule has 0 fully saturated rings. The third-order valence-electron chi connectivity index (χ3n) is 11.0. The van der Waals surface area contributed by atoms with E-state index in [1.165, 1.54) is 62.0 Å². The summed E-state index contributed by atoms with van der Waals surface area (Å²) in [5.41, 5.74) is -1.74. The zero-order valence-corrected chi connectivity index (χ0v) is 67.6. The van der Waals surface area contributed by atoms with Gasteiger partial charge >= 0.3 is 11.9 Å². The smallest absolute Gasteiger partial charge is 0.341 e. The molecule has 0 aliphatic carbocycles. The number of carboxylic acid groups (broad SMARTS) is 2. The number of benzene rings is 2. The van der Waals surface area contributed by atoms with Gasteiger partial charge in [0.25, 0.3) is 10.5 Å². The van der Waals surface area contributed by atoms with Crippen LogP contribution < -0.4 is 41.4 Å². The summed E-state index contributed by atoms with van der Waals surface area (Å²) in [6, 6.07) is 10.2. The van der Waals surface area contributed by atoms with Crippen LogP contribution >= 0.6 is 105 Å². The zero-order chi connectivity index (χ0) is 77.2. The van der Waals surface area contributed by atoms with E-state index < -0.39 is 23.0 Å². The number of methoxy groups -OCH3 is 2. The maximum atomic E-state index is 11.7. The Hall–Kier alpha value is -6.54. The number of nitrogens with one attached hydrogen (secondary N) is 6. The largest absolute Gasteiger partial charge is 0.494 e. The van der Waals surface area contributed by atoms with Gasteiger partial charge in [-0.15, -0.1) is 0 Å². The fourth-order valence-electron chi connectivity index (χ4n) is 7.32. The van der Waals surface area contributed by atoms with Crippen LogP contribution in [0.4, 0.5) is 45.3 Å². The van der Waals surface area contributed by atoms with Crippen LogP contribution in [-0.2, 0) is 0 Å². The second-order valence-corrected chi connectivity index (χ2v) is 28.7. The molecule has 5 rings (SSSR count). The average Bonchev–Trinajstić information content (AvgIpc) is 0.783. The van der Waals surface area contributed by atoms with Gasteiger partial charge in [0.2, 0.25) is 51.5 Å². The lowest BCUT2D eigenvalue weighted by Crippen LogP contribution is -2.34. The molecule has 0 atom stereocenters. The van der Waals surface area contributed by atoms with Gasteiger partial charge in [-0.05, 0) is 157 Å². The monoisotopic (exact) mass is 1570 g/mol. The second-order valence-electron chi connectivity index (χ2n) is 23.6. The van der Waals surface area contributed by atoms with Crippen molar-refractivity contribution in [2.45, 2.75) is 149 Å². The van der Waals surface area contributed by atoms with E-state index in [-0.39, 0.29) is 87.0 Å². The molecule has 0 unspecified atom stereocenters. The fraction of sp³-hybridized carbons (Fsp3) is 0.578. The molecule has 36 heteroatoms. The van der Waals surface area contributed by atoms with Gasteiger partial charge in [0.15, 0.2) is 11.5 Å². The van der Waals surface area contributed by atoms with Crippen LogP contribution in [0, 0.1) is 46.3 Å². The highest BCUT2D eigenvalue weighted by atomic mass is 35.5. The summed E-state index contributed by atoms with van der Waals surface area (Å²) in [6.45, 7) is 43.6. The summed E-state index contributed by atoms with van der Waals surface area (Å²) >= 11 is 42.7. The first-order valence-electron chi connectivity index (χ1n) is 31.6. The number of amides is 2. The van der Waals surface area contributed by atoms with E-state index in [0.717, 1.165) is 44.2 Å². The van der Waals surface area contributed by atoms with Crippen LogP contribution in [0.2, 0.25) is 35.9 Å². The summed E-state index contributed by atoms with van der Waals surface area (Å²) in [5.74, 6) is 4.11. The van der Waals surface area contributed by atoms with Crippen LogP contribution in [-0.4, -0.2) is 176 Å². The third-order valence-corrected chi connectivity index (χ3v) is 14.3. The number of thioether (sulfide) groups is 2. The van der Waals surface area contributed by atoms with Crippen molar-refractivity contribution in [3.8, 4) is 23.6 Å². The molecule has 5 aromatic rings. The number of ether oxygens (including phenoxy) is 2. The number of nitriles is 2. The number of rotatable bonds is 26. The minimum absolute atomic E-state index is 0.0849. The molecule has 0 radical (unpaired) electrons. The van der Waals surface area contributed by atoms with E-state index in [9.17, 15) is 19.2 Å². The summed E-state index contributed by atoms with van der Waals surface area (Å²) in [7, 11) is 2.67. The van der Waals surface area contributed by atoms with Crippen molar-refractivity contribution in [1.29, 1.82) is 10.5 Å². The van der Waals surface area contributed by atoms with Gasteiger partial charge in [-0.25, -0.2) is 9.59 Å². The first kappa shape index (κ1) is 95.5. The number of carbonyl (C=O) groups excluding carboxylic acids is 2. The number of aromatic carboxylic acids is 2. The highest BCUT2D eigenvalue weighted by Crippen LogP contribution is 2.35. The number of anilines is 6. The quantitative estimate of drug-likeness (QED) is 0.0255. The Morgan fingerprint density at radius 3 is 0.950 bits per heavy atom. The van der Waals surface area contributed by atoms with Gasteiger partial charge < -0.3 is 61.4 Å². The van der Waals surface area contributed by atoms with Crippen molar-refractivity contribution in [1.82, 2.24) is 54.7 Å². The predicted molar refractivity (Wildman–Crippen MR) is 412 cm³/mol. The van der Waals surface area contributed by atoms with Crippen LogP contribution in [0.5, 0.6) is 11.5 Å². The van der Waals surface area contributed by atoms with E-state index in [2.05, 4.69) is 144 Å². The van der Waals surface area contributed by atoms with Gasteiger partial charge in [0.05, 0.1) is 46.4 Å². The van der Waals surface area contributed by atoms with E-state index in [1.54, 1.807) is 27.7 Å². The van der Waals surface area contributed by atoms with Crippen LogP contribution in [0.25, 0.3) is 0 Å². The summed E-state index contributed by atoms with van der Waals surface area (Å²) in [4.78, 5) is 84.5. The predicted octanol–water partition coefficient (Wildman–Crippen LogP) is 17.5. The maximum Gasteiger partial charge on any atom is 0.341 e. The first-order chi connectivity index (χ1) is 46.6. The van der Waals surface area contributed by atoms with Gasteiger partial charge in [-0.2, -0.15) is 55.4 Å². The number of hydrogen-bond acceptors (Lipinski definition) is 25. The number of hydrogen-bond donors (Lipinski definition) is 8.